The Kier molecular flexibility index (Phi) is 10.6. The van der Waals surface area contributed by atoms with Gasteiger partial charge in [0, 0.05) is 22.0 Å². The summed E-state index contributed by atoms with van der Waals surface area (Å²) >= 11 is 6.14. The van der Waals surface area contributed by atoms with Gasteiger partial charge in [0.2, 0.25) is 5.91 Å². The fraction of sp³-hybridized carbons (Fsp3) is 0.0938. The van der Waals surface area contributed by atoms with Crippen LogP contribution in [0, 0.1) is 0 Å². The minimum absolute atomic E-state index is 0.0187. The van der Waals surface area contributed by atoms with E-state index in [1.165, 1.54) is 18.2 Å². The Morgan fingerprint density at radius 2 is 1.23 bits per heavy atom. The predicted molar refractivity (Wildman–Crippen MR) is 163 cm³/mol. The molecule has 43 heavy (non-hydrogen) atoms. The average molecular weight is 599 g/mol. The Morgan fingerprint density at radius 3 is 1.86 bits per heavy atom. The third-order valence-corrected chi connectivity index (χ3v) is 6.19. The van der Waals surface area contributed by atoms with Crippen LogP contribution in [0.25, 0.3) is 0 Å². The van der Waals surface area contributed by atoms with Crippen molar-refractivity contribution in [3.8, 4) is 0 Å². The number of benzene rings is 4. The Balaban J connectivity index is 1.50. The summed E-state index contributed by atoms with van der Waals surface area (Å²) in [7, 11) is 0. The van der Waals surface area contributed by atoms with Crippen LogP contribution in [-0.2, 0) is 25.7 Å². The van der Waals surface area contributed by atoms with Crippen molar-refractivity contribution in [3.05, 3.63) is 125 Å². The Morgan fingerprint density at radius 1 is 0.674 bits per heavy atom. The van der Waals surface area contributed by atoms with Gasteiger partial charge in [-0.25, -0.2) is 4.79 Å². The molecule has 0 aliphatic carbocycles. The van der Waals surface area contributed by atoms with E-state index in [-0.39, 0.29) is 22.9 Å². The molecule has 218 valence electrons. The molecule has 0 saturated carbocycles. The zero-order valence-electron chi connectivity index (χ0n) is 22.7. The van der Waals surface area contributed by atoms with Crippen molar-refractivity contribution in [2.24, 2.45) is 0 Å². The molecule has 11 heteroatoms. The van der Waals surface area contributed by atoms with Crippen LogP contribution >= 0.6 is 11.6 Å². The van der Waals surface area contributed by atoms with Crippen molar-refractivity contribution in [1.82, 2.24) is 5.32 Å². The summed E-state index contributed by atoms with van der Waals surface area (Å²) in [5.74, 6) is -3.01. The van der Waals surface area contributed by atoms with Gasteiger partial charge in [-0.05, 0) is 48.0 Å². The average Bonchev–Trinajstić information content (AvgIpc) is 3.00. The number of hydrogen-bond acceptors (Lipinski definition) is 6. The number of halogens is 1. The Labute approximate surface area is 252 Å². The van der Waals surface area contributed by atoms with Crippen LogP contribution in [0.5, 0.6) is 0 Å². The molecule has 0 saturated heterocycles. The topological polar surface area (TPSA) is 143 Å². The van der Waals surface area contributed by atoms with E-state index in [0.29, 0.717) is 16.9 Å². The maximum atomic E-state index is 13.4. The van der Waals surface area contributed by atoms with Crippen LogP contribution in [-0.4, -0.2) is 35.6 Å². The second-order valence-corrected chi connectivity index (χ2v) is 9.62. The van der Waals surface area contributed by atoms with Gasteiger partial charge < -0.3 is 26.0 Å². The smallest absolute Gasteiger partial charge is 0.408 e. The number of nitrogens with one attached hydrogen (secondary N) is 4. The fourth-order valence-electron chi connectivity index (χ4n) is 3.90. The maximum absolute atomic E-state index is 13.4. The van der Waals surface area contributed by atoms with Gasteiger partial charge in [0.25, 0.3) is 11.8 Å². The highest BCUT2D eigenvalue weighted by Crippen LogP contribution is 2.23. The van der Waals surface area contributed by atoms with Crippen molar-refractivity contribution in [1.29, 1.82) is 0 Å². The summed E-state index contributed by atoms with van der Waals surface area (Å²) < 4.78 is 5.20. The fourth-order valence-corrected chi connectivity index (χ4v) is 4.08. The lowest BCUT2D eigenvalue weighted by molar-refractivity contribution is -0.126. The molecule has 1 unspecified atom stereocenters. The zero-order chi connectivity index (χ0) is 30.6. The molecule has 10 nitrogen and oxygen atoms in total. The van der Waals surface area contributed by atoms with Gasteiger partial charge in [-0.3, -0.25) is 19.2 Å². The van der Waals surface area contributed by atoms with Crippen LogP contribution in [0.4, 0.5) is 21.9 Å². The lowest BCUT2D eigenvalue weighted by atomic mass is 10.0. The number of rotatable bonds is 11. The third-order valence-electron chi connectivity index (χ3n) is 5.96. The molecule has 0 radical (unpaired) electrons. The van der Waals surface area contributed by atoms with Crippen LogP contribution < -0.4 is 21.3 Å². The molecule has 4 rings (SSSR count). The van der Waals surface area contributed by atoms with E-state index in [0.717, 1.165) is 0 Å². The highest BCUT2D eigenvalue weighted by Gasteiger charge is 2.30. The van der Waals surface area contributed by atoms with Crippen LogP contribution in [0.3, 0.4) is 0 Å². The van der Waals surface area contributed by atoms with E-state index < -0.39 is 42.1 Å². The number of Topliss-reactive ketones (excluding diaryl/α,β-unsaturated/α-hetero) is 1. The lowest BCUT2D eigenvalue weighted by Gasteiger charge is -2.19. The summed E-state index contributed by atoms with van der Waals surface area (Å²) in [6.45, 7) is -0.0979. The molecule has 0 bridgehead atoms. The first-order chi connectivity index (χ1) is 20.8. The van der Waals surface area contributed by atoms with Crippen molar-refractivity contribution >= 4 is 58.3 Å². The quantitative estimate of drug-likeness (QED) is 0.134. The molecule has 0 heterocycles. The molecule has 4 amide bonds. The van der Waals surface area contributed by atoms with Crippen molar-refractivity contribution in [2.75, 3.05) is 16.0 Å². The summed E-state index contributed by atoms with van der Waals surface area (Å²) in [6.07, 6.45) is -1.55. The second kappa shape index (κ2) is 14.9. The lowest BCUT2D eigenvalue weighted by Crippen LogP contribution is -2.51. The molecule has 1 atom stereocenters. The monoisotopic (exact) mass is 598 g/mol. The molecule has 0 aliphatic heterocycles. The van der Waals surface area contributed by atoms with E-state index in [9.17, 15) is 24.0 Å². The number of hydrogen-bond donors (Lipinski definition) is 4. The molecule has 0 aliphatic rings. The van der Waals surface area contributed by atoms with Gasteiger partial charge in [0.05, 0.1) is 12.1 Å². The highest BCUT2D eigenvalue weighted by atomic mass is 35.5. The Bertz CT molecular complexity index is 1600. The number of carbonyl (C=O) groups excluding carboxylic acids is 5. The largest absolute Gasteiger partial charge is 0.445 e. The number of anilines is 3. The number of alkyl carbamates (subject to hydrolysis) is 1. The first kappa shape index (κ1) is 30.5. The van der Waals surface area contributed by atoms with Crippen molar-refractivity contribution < 1.29 is 28.7 Å². The molecule has 4 aromatic carbocycles. The van der Waals surface area contributed by atoms with Crippen LogP contribution in [0.15, 0.2) is 109 Å². The number of ketones is 1. The molecule has 0 fully saturated rings. The number of para-hydroxylation sites is 2. The predicted octanol–water partition coefficient (Wildman–Crippen LogP) is 5.42. The van der Waals surface area contributed by atoms with Crippen LogP contribution in [0.2, 0.25) is 5.02 Å². The number of carbonyl (C=O) groups is 5. The van der Waals surface area contributed by atoms with Gasteiger partial charge in [0.15, 0.2) is 11.8 Å². The van der Waals surface area contributed by atoms with Gasteiger partial charge in [-0.1, -0.05) is 78.3 Å². The van der Waals surface area contributed by atoms with Gasteiger partial charge in [-0.2, -0.15) is 0 Å². The first-order valence-electron chi connectivity index (χ1n) is 13.1. The molecule has 0 aromatic heterocycles. The molecular formula is C32H27ClN4O6. The van der Waals surface area contributed by atoms with E-state index in [4.69, 9.17) is 16.3 Å². The highest BCUT2D eigenvalue weighted by molar-refractivity contribution is 6.31. The van der Waals surface area contributed by atoms with E-state index in [2.05, 4.69) is 21.3 Å². The SMILES string of the molecule is O=C(CC(=O)c1ccc(Cl)cc1NC(=O)C(NC(=O)OCc1ccccc1)C(=O)Nc1ccccc1)Nc1ccccc1. The standard InChI is InChI=1S/C32H27ClN4O6/c33-22-16-17-25(27(38)19-28(39)34-23-12-6-2-7-13-23)26(18-22)36-31(41)29(30(40)35-24-14-8-3-9-15-24)37-32(42)43-20-21-10-4-1-5-11-21/h1-18,29H,19-20H2,(H,34,39)(H,35,40)(H,36,41)(H,37,42). The Hall–Kier alpha value is -5.48. The van der Waals surface area contributed by atoms with E-state index in [1.807, 2.05) is 6.07 Å². The number of amides is 4. The second-order valence-electron chi connectivity index (χ2n) is 9.19. The van der Waals surface area contributed by atoms with Crippen molar-refractivity contribution in [2.45, 2.75) is 19.1 Å². The molecule has 4 N–H and O–H groups in total. The maximum Gasteiger partial charge on any atom is 0.408 e. The van der Waals surface area contributed by atoms with Gasteiger partial charge in [-0.15, -0.1) is 0 Å². The summed E-state index contributed by atoms with van der Waals surface area (Å²) in [4.78, 5) is 64.8. The molecule has 0 spiro atoms. The minimum Gasteiger partial charge on any atom is -0.445 e. The molecular weight excluding hydrogens is 572 g/mol. The summed E-state index contributed by atoms with van der Waals surface area (Å²) in [6, 6.07) is 28.1. The minimum atomic E-state index is -1.77. The van der Waals surface area contributed by atoms with Gasteiger partial charge in [0.1, 0.15) is 6.61 Å². The third kappa shape index (κ3) is 9.27. The van der Waals surface area contributed by atoms with Gasteiger partial charge >= 0.3 is 6.09 Å². The summed E-state index contributed by atoms with van der Waals surface area (Å²) in [5.41, 5.74) is 1.53. The number of ether oxygens (including phenoxy) is 1. The van der Waals surface area contributed by atoms with Crippen molar-refractivity contribution in [3.63, 3.8) is 0 Å². The normalized spacial score (nSPS) is 11.0. The van der Waals surface area contributed by atoms with E-state index in [1.54, 1.807) is 84.9 Å². The zero-order valence-corrected chi connectivity index (χ0v) is 23.5. The van der Waals surface area contributed by atoms with Crippen LogP contribution in [0.1, 0.15) is 22.3 Å². The van der Waals surface area contributed by atoms with E-state index >= 15 is 0 Å². The summed E-state index contributed by atoms with van der Waals surface area (Å²) in [5, 5.41) is 10.2. The first-order valence-corrected chi connectivity index (χ1v) is 13.5. The molecule has 4 aromatic rings.